The van der Waals surface area contributed by atoms with Crippen LogP contribution >= 0.6 is 35.3 Å². The van der Waals surface area contributed by atoms with E-state index >= 15 is 0 Å². The Morgan fingerprint density at radius 2 is 1.93 bits per heavy atom. The molecule has 2 rings (SSSR count). The van der Waals surface area contributed by atoms with Crippen molar-refractivity contribution in [1.29, 1.82) is 0 Å². The van der Waals surface area contributed by atoms with Crippen LogP contribution in [0.2, 0.25) is 0 Å². The van der Waals surface area contributed by atoms with Gasteiger partial charge in [-0.05, 0) is 55.0 Å². The summed E-state index contributed by atoms with van der Waals surface area (Å²) in [4.78, 5) is 8.27. The van der Waals surface area contributed by atoms with Crippen LogP contribution in [0.15, 0.2) is 34.6 Å². The molecule has 1 heterocycles. The van der Waals surface area contributed by atoms with Crippen molar-refractivity contribution in [2.75, 3.05) is 34.4 Å². The standard InChI is InChI=1S/C20H29N3O2S.HI/c1-6-21-20(22-14-19-15(2)10-12-26-19)23(3)11-9-16-7-8-17(24-4)18(13-16)25-5;/h7-8,10,12-13H,6,9,11,14H2,1-5H3,(H,21,22);1H. The molecule has 0 radical (unpaired) electrons. The Bertz CT molecular complexity index is 734. The Labute approximate surface area is 183 Å². The average molecular weight is 503 g/mol. The third-order valence-electron chi connectivity index (χ3n) is 4.22. The highest BCUT2D eigenvalue weighted by Gasteiger charge is 2.09. The van der Waals surface area contributed by atoms with Gasteiger partial charge < -0.3 is 19.7 Å². The van der Waals surface area contributed by atoms with Crippen molar-refractivity contribution in [3.05, 3.63) is 45.6 Å². The first-order chi connectivity index (χ1) is 12.6. The Balaban J connectivity index is 0.00000364. The van der Waals surface area contributed by atoms with E-state index in [9.17, 15) is 0 Å². The van der Waals surface area contributed by atoms with E-state index in [1.807, 2.05) is 12.1 Å². The molecule has 0 fully saturated rings. The predicted molar refractivity (Wildman–Crippen MR) is 125 cm³/mol. The van der Waals surface area contributed by atoms with Crippen LogP contribution in [0.3, 0.4) is 0 Å². The normalized spacial score (nSPS) is 10.9. The Kier molecular flexibility index (Phi) is 10.5. The molecule has 1 aromatic carbocycles. The minimum Gasteiger partial charge on any atom is -0.493 e. The number of aryl methyl sites for hydroxylation is 1. The lowest BCUT2D eigenvalue weighted by molar-refractivity contribution is 0.354. The fourth-order valence-corrected chi connectivity index (χ4v) is 3.45. The number of benzene rings is 1. The van der Waals surface area contributed by atoms with Crippen molar-refractivity contribution < 1.29 is 9.47 Å². The fourth-order valence-electron chi connectivity index (χ4n) is 2.62. The van der Waals surface area contributed by atoms with E-state index in [2.05, 4.69) is 48.6 Å². The molecule has 0 unspecified atom stereocenters. The van der Waals surface area contributed by atoms with E-state index in [1.165, 1.54) is 16.0 Å². The SMILES string of the molecule is CCNC(=NCc1sccc1C)N(C)CCc1ccc(OC)c(OC)c1.I. The van der Waals surface area contributed by atoms with Crippen molar-refractivity contribution in [2.24, 2.45) is 4.99 Å². The number of halogens is 1. The number of hydrogen-bond acceptors (Lipinski definition) is 4. The molecule has 0 bridgehead atoms. The summed E-state index contributed by atoms with van der Waals surface area (Å²) in [5, 5.41) is 5.50. The summed E-state index contributed by atoms with van der Waals surface area (Å²) >= 11 is 1.76. The van der Waals surface area contributed by atoms with Gasteiger partial charge in [-0.2, -0.15) is 0 Å². The largest absolute Gasteiger partial charge is 0.493 e. The fraction of sp³-hybridized carbons (Fsp3) is 0.450. The number of rotatable bonds is 8. The summed E-state index contributed by atoms with van der Waals surface area (Å²) in [5.74, 6) is 2.45. The zero-order valence-electron chi connectivity index (χ0n) is 16.7. The minimum atomic E-state index is 0. The van der Waals surface area contributed by atoms with Crippen molar-refractivity contribution in [2.45, 2.75) is 26.8 Å². The Morgan fingerprint density at radius 1 is 1.19 bits per heavy atom. The van der Waals surface area contributed by atoms with E-state index < -0.39 is 0 Å². The molecule has 5 nitrogen and oxygen atoms in total. The third kappa shape index (κ3) is 6.88. The van der Waals surface area contributed by atoms with E-state index in [-0.39, 0.29) is 24.0 Å². The van der Waals surface area contributed by atoms with Crippen LogP contribution in [0.25, 0.3) is 0 Å². The maximum absolute atomic E-state index is 5.39. The van der Waals surface area contributed by atoms with Gasteiger partial charge in [-0.15, -0.1) is 35.3 Å². The number of methoxy groups -OCH3 is 2. The van der Waals surface area contributed by atoms with Crippen molar-refractivity contribution in [3.63, 3.8) is 0 Å². The van der Waals surface area contributed by atoms with Gasteiger partial charge in [0.2, 0.25) is 0 Å². The summed E-state index contributed by atoms with van der Waals surface area (Å²) in [5.41, 5.74) is 2.52. The van der Waals surface area contributed by atoms with Gasteiger partial charge in [0, 0.05) is 25.0 Å². The van der Waals surface area contributed by atoms with Gasteiger partial charge in [0.25, 0.3) is 0 Å². The lowest BCUT2D eigenvalue weighted by atomic mass is 10.1. The van der Waals surface area contributed by atoms with Crippen LogP contribution < -0.4 is 14.8 Å². The molecule has 0 aliphatic carbocycles. The second-order valence-electron chi connectivity index (χ2n) is 6.06. The molecule has 0 aliphatic rings. The average Bonchev–Trinajstić information content (AvgIpc) is 3.07. The second-order valence-corrected chi connectivity index (χ2v) is 7.06. The number of ether oxygens (including phenoxy) is 2. The summed E-state index contributed by atoms with van der Waals surface area (Å²) in [6, 6.07) is 8.20. The van der Waals surface area contributed by atoms with Crippen molar-refractivity contribution in [3.8, 4) is 11.5 Å². The van der Waals surface area contributed by atoms with Gasteiger partial charge >= 0.3 is 0 Å². The summed E-state index contributed by atoms with van der Waals surface area (Å²) < 4.78 is 10.7. The van der Waals surface area contributed by atoms with Crippen LogP contribution in [-0.2, 0) is 13.0 Å². The molecule has 0 saturated carbocycles. The van der Waals surface area contributed by atoms with Crippen molar-refractivity contribution in [1.82, 2.24) is 10.2 Å². The number of nitrogens with zero attached hydrogens (tertiary/aromatic N) is 2. The number of hydrogen-bond donors (Lipinski definition) is 1. The van der Waals surface area contributed by atoms with Gasteiger partial charge in [0.1, 0.15) is 0 Å². The molecular formula is C20H30IN3O2S. The zero-order valence-corrected chi connectivity index (χ0v) is 19.9. The van der Waals surface area contributed by atoms with Gasteiger partial charge in [0.05, 0.1) is 20.8 Å². The molecule has 1 aromatic heterocycles. The maximum atomic E-state index is 5.39. The molecule has 7 heteroatoms. The molecule has 0 spiro atoms. The maximum Gasteiger partial charge on any atom is 0.194 e. The Morgan fingerprint density at radius 3 is 2.52 bits per heavy atom. The summed E-state index contributed by atoms with van der Waals surface area (Å²) in [7, 11) is 5.39. The number of likely N-dealkylation sites (N-methyl/N-ethyl adjacent to an activating group) is 1. The zero-order chi connectivity index (χ0) is 18.9. The highest BCUT2D eigenvalue weighted by atomic mass is 127. The number of guanidine groups is 1. The number of nitrogens with one attached hydrogen (secondary N) is 1. The third-order valence-corrected chi connectivity index (χ3v) is 5.23. The van der Waals surface area contributed by atoms with Gasteiger partial charge in [-0.25, -0.2) is 4.99 Å². The van der Waals surface area contributed by atoms with Crippen LogP contribution in [0.4, 0.5) is 0 Å². The second kappa shape index (κ2) is 12.1. The minimum absolute atomic E-state index is 0. The predicted octanol–water partition coefficient (Wildman–Crippen LogP) is 4.33. The van der Waals surface area contributed by atoms with E-state index in [4.69, 9.17) is 14.5 Å². The van der Waals surface area contributed by atoms with Crippen LogP contribution in [0.1, 0.15) is 22.9 Å². The van der Waals surface area contributed by atoms with Gasteiger partial charge in [-0.1, -0.05) is 6.07 Å². The van der Waals surface area contributed by atoms with E-state index in [0.717, 1.165) is 37.0 Å². The first-order valence-electron chi connectivity index (χ1n) is 8.82. The van der Waals surface area contributed by atoms with Crippen LogP contribution in [0.5, 0.6) is 11.5 Å². The first kappa shape index (κ1) is 23.6. The molecule has 0 aliphatic heterocycles. The number of aliphatic imine (C=N–C) groups is 1. The van der Waals surface area contributed by atoms with Gasteiger partial charge in [0.15, 0.2) is 17.5 Å². The van der Waals surface area contributed by atoms with Gasteiger partial charge in [-0.3, -0.25) is 0 Å². The molecular weight excluding hydrogens is 473 g/mol. The van der Waals surface area contributed by atoms with Crippen molar-refractivity contribution >= 4 is 41.3 Å². The highest BCUT2D eigenvalue weighted by molar-refractivity contribution is 14.0. The quantitative estimate of drug-likeness (QED) is 0.331. The Hall–Kier alpha value is -1.48. The molecule has 0 atom stereocenters. The van der Waals surface area contributed by atoms with Crippen LogP contribution in [0, 0.1) is 6.92 Å². The lowest BCUT2D eigenvalue weighted by Crippen LogP contribution is -2.39. The highest BCUT2D eigenvalue weighted by Crippen LogP contribution is 2.27. The van der Waals surface area contributed by atoms with E-state index in [1.54, 1.807) is 25.6 Å². The molecule has 0 amide bonds. The summed E-state index contributed by atoms with van der Waals surface area (Å²) in [6.07, 6.45) is 0.902. The molecule has 0 saturated heterocycles. The molecule has 1 N–H and O–H groups in total. The first-order valence-corrected chi connectivity index (χ1v) is 9.70. The molecule has 2 aromatic rings. The number of thiophene rings is 1. The van der Waals surface area contributed by atoms with Crippen LogP contribution in [-0.4, -0.2) is 45.2 Å². The smallest absolute Gasteiger partial charge is 0.194 e. The summed E-state index contributed by atoms with van der Waals surface area (Å²) in [6.45, 7) is 6.66. The topological polar surface area (TPSA) is 46.1 Å². The molecule has 150 valence electrons. The lowest BCUT2D eigenvalue weighted by Gasteiger charge is -2.22. The van der Waals surface area contributed by atoms with E-state index in [0.29, 0.717) is 6.54 Å². The monoisotopic (exact) mass is 503 g/mol. The molecule has 27 heavy (non-hydrogen) atoms.